The first-order chi connectivity index (χ1) is 11.9. The molecule has 0 atom stereocenters. The molecule has 1 heterocycles. The molecule has 0 spiro atoms. The van der Waals surface area contributed by atoms with Gasteiger partial charge in [0, 0.05) is 19.6 Å². The highest BCUT2D eigenvalue weighted by molar-refractivity contribution is 5.36. The fourth-order valence-electron chi connectivity index (χ4n) is 3.38. The summed E-state index contributed by atoms with van der Waals surface area (Å²) in [4.78, 5) is 2.29. The van der Waals surface area contributed by atoms with Gasteiger partial charge in [-0.1, -0.05) is 42.5 Å². The molecule has 1 aliphatic heterocycles. The van der Waals surface area contributed by atoms with E-state index in [2.05, 4.69) is 23.1 Å². The number of piperidine rings is 1. The van der Waals surface area contributed by atoms with Crippen molar-refractivity contribution in [1.82, 2.24) is 4.90 Å². The van der Waals surface area contributed by atoms with Crippen molar-refractivity contribution >= 4 is 0 Å². The topological polar surface area (TPSA) is 27.0 Å². The zero-order valence-corrected chi connectivity index (χ0v) is 13.8. The summed E-state index contributed by atoms with van der Waals surface area (Å²) in [6.07, 6.45) is -3.10. The number of benzene rings is 2. The van der Waals surface area contributed by atoms with Gasteiger partial charge in [0.2, 0.25) is 0 Å². The first-order valence-corrected chi connectivity index (χ1v) is 8.28. The van der Waals surface area contributed by atoms with Crippen LogP contribution in [0.1, 0.15) is 29.5 Å². The van der Waals surface area contributed by atoms with E-state index in [4.69, 9.17) is 0 Å². The number of nitrogens with zero attached hydrogens (tertiary/aromatic N) is 2. The summed E-state index contributed by atoms with van der Waals surface area (Å²) < 4.78 is 38.2. The van der Waals surface area contributed by atoms with Crippen molar-refractivity contribution in [2.24, 2.45) is 0 Å². The van der Waals surface area contributed by atoms with Crippen molar-refractivity contribution < 1.29 is 13.2 Å². The first kappa shape index (κ1) is 17.5. The number of alkyl halides is 3. The zero-order chi connectivity index (χ0) is 17.9. The minimum Gasteiger partial charge on any atom is -0.299 e. The highest BCUT2D eigenvalue weighted by Gasteiger charge is 2.37. The molecule has 0 N–H and O–H groups in total. The Morgan fingerprint density at radius 2 is 1.56 bits per heavy atom. The van der Waals surface area contributed by atoms with E-state index in [-0.39, 0.29) is 0 Å². The molecular formula is C20H19F3N2. The summed E-state index contributed by atoms with van der Waals surface area (Å²) in [5.74, 6) is 0. The van der Waals surface area contributed by atoms with E-state index in [1.807, 2.05) is 18.2 Å². The van der Waals surface area contributed by atoms with Crippen LogP contribution in [-0.4, -0.2) is 18.0 Å². The lowest BCUT2D eigenvalue weighted by Crippen LogP contribution is -2.41. The second-order valence-electron chi connectivity index (χ2n) is 6.53. The molecule has 0 unspecified atom stereocenters. The lowest BCUT2D eigenvalue weighted by atomic mass is 9.74. The minimum absolute atomic E-state index is 0.627. The SMILES string of the molecule is N#CC1(c2ccc(C(F)(F)F)cc2)CCN(Cc2ccccc2)CC1. The molecule has 1 fully saturated rings. The molecule has 25 heavy (non-hydrogen) atoms. The van der Waals surface area contributed by atoms with E-state index in [0.717, 1.165) is 31.8 Å². The van der Waals surface area contributed by atoms with E-state index in [9.17, 15) is 18.4 Å². The van der Waals surface area contributed by atoms with Crippen molar-refractivity contribution in [2.45, 2.75) is 31.0 Å². The van der Waals surface area contributed by atoms with Crippen LogP contribution < -0.4 is 0 Å². The van der Waals surface area contributed by atoms with Gasteiger partial charge in [0.1, 0.15) is 0 Å². The summed E-state index contributed by atoms with van der Waals surface area (Å²) in [7, 11) is 0. The summed E-state index contributed by atoms with van der Waals surface area (Å²) in [5.41, 5.74) is 0.534. The summed E-state index contributed by atoms with van der Waals surface area (Å²) in [6, 6.07) is 17.6. The molecule has 0 amide bonds. The Morgan fingerprint density at radius 3 is 2.08 bits per heavy atom. The van der Waals surface area contributed by atoms with Gasteiger partial charge in [-0.05, 0) is 36.1 Å². The molecule has 0 aliphatic carbocycles. The molecular weight excluding hydrogens is 325 g/mol. The van der Waals surface area contributed by atoms with Crippen molar-refractivity contribution in [3.05, 3.63) is 71.3 Å². The maximum atomic E-state index is 12.7. The predicted octanol–water partition coefficient (Wildman–Crippen LogP) is 4.76. The maximum absolute atomic E-state index is 12.7. The third-order valence-electron chi connectivity index (χ3n) is 4.94. The average Bonchev–Trinajstić information content (AvgIpc) is 2.63. The summed E-state index contributed by atoms with van der Waals surface area (Å²) >= 11 is 0. The van der Waals surface area contributed by atoms with Crippen LogP contribution in [0.15, 0.2) is 54.6 Å². The Morgan fingerprint density at radius 1 is 0.960 bits per heavy atom. The van der Waals surface area contributed by atoms with Gasteiger partial charge >= 0.3 is 6.18 Å². The number of nitriles is 1. The molecule has 1 saturated heterocycles. The van der Waals surface area contributed by atoms with Crippen molar-refractivity contribution in [3.63, 3.8) is 0 Å². The fourth-order valence-corrected chi connectivity index (χ4v) is 3.38. The molecule has 3 rings (SSSR count). The normalized spacial score (nSPS) is 17.8. The van der Waals surface area contributed by atoms with Gasteiger partial charge in [-0.2, -0.15) is 18.4 Å². The fraction of sp³-hybridized carbons (Fsp3) is 0.350. The van der Waals surface area contributed by atoms with Gasteiger partial charge in [-0.15, -0.1) is 0 Å². The number of hydrogen-bond donors (Lipinski definition) is 0. The molecule has 0 aromatic heterocycles. The lowest BCUT2D eigenvalue weighted by Gasteiger charge is -2.37. The second-order valence-corrected chi connectivity index (χ2v) is 6.53. The van der Waals surface area contributed by atoms with Crippen molar-refractivity contribution in [2.75, 3.05) is 13.1 Å². The van der Waals surface area contributed by atoms with E-state index in [1.54, 1.807) is 0 Å². The van der Waals surface area contributed by atoms with E-state index in [1.165, 1.54) is 17.7 Å². The van der Waals surface area contributed by atoms with E-state index < -0.39 is 17.2 Å². The van der Waals surface area contributed by atoms with Crippen LogP contribution in [0.25, 0.3) is 0 Å². The van der Waals surface area contributed by atoms with Gasteiger partial charge in [-0.3, -0.25) is 4.90 Å². The standard InChI is InChI=1S/C20H19F3N2/c21-20(22,23)18-8-6-17(7-9-18)19(15-24)10-12-25(13-11-19)14-16-4-2-1-3-5-16/h1-9H,10-14H2. The van der Waals surface area contributed by atoms with Crippen LogP contribution >= 0.6 is 0 Å². The van der Waals surface area contributed by atoms with Crippen LogP contribution in [-0.2, 0) is 18.1 Å². The molecule has 2 aromatic rings. The quantitative estimate of drug-likeness (QED) is 0.802. The van der Waals surface area contributed by atoms with Crippen molar-refractivity contribution in [3.8, 4) is 6.07 Å². The second kappa shape index (κ2) is 6.89. The number of halogens is 3. The predicted molar refractivity (Wildman–Crippen MR) is 89.7 cm³/mol. The monoisotopic (exact) mass is 344 g/mol. The van der Waals surface area contributed by atoms with Crippen molar-refractivity contribution in [1.29, 1.82) is 5.26 Å². The Hall–Kier alpha value is -2.32. The third kappa shape index (κ3) is 3.85. The van der Waals surface area contributed by atoms with E-state index in [0.29, 0.717) is 18.4 Å². The molecule has 0 bridgehead atoms. The van der Waals surface area contributed by atoms with Gasteiger partial charge < -0.3 is 0 Å². The Kier molecular flexibility index (Phi) is 4.82. The Balaban J connectivity index is 1.70. The maximum Gasteiger partial charge on any atom is 0.416 e. The Bertz CT molecular complexity index is 737. The number of likely N-dealkylation sites (tertiary alicyclic amines) is 1. The van der Waals surface area contributed by atoms with Crippen LogP contribution in [0.3, 0.4) is 0 Å². The smallest absolute Gasteiger partial charge is 0.299 e. The van der Waals surface area contributed by atoms with Gasteiger partial charge in [-0.25, -0.2) is 0 Å². The number of hydrogen-bond acceptors (Lipinski definition) is 2. The van der Waals surface area contributed by atoms with Crippen LogP contribution in [0.5, 0.6) is 0 Å². The van der Waals surface area contributed by atoms with E-state index >= 15 is 0 Å². The lowest BCUT2D eigenvalue weighted by molar-refractivity contribution is -0.137. The van der Waals surface area contributed by atoms with Crippen LogP contribution in [0, 0.1) is 11.3 Å². The average molecular weight is 344 g/mol. The van der Waals surface area contributed by atoms with Crippen LogP contribution in [0.4, 0.5) is 13.2 Å². The number of rotatable bonds is 3. The summed E-state index contributed by atoms with van der Waals surface area (Å²) in [5, 5.41) is 9.71. The molecule has 1 aliphatic rings. The molecule has 0 radical (unpaired) electrons. The zero-order valence-electron chi connectivity index (χ0n) is 13.8. The highest BCUT2D eigenvalue weighted by atomic mass is 19.4. The summed E-state index contributed by atoms with van der Waals surface area (Å²) in [6.45, 7) is 2.34. The third-order valence-corrected chi connectivity index (χ3v) is 4.94. The molecule has 2 nitrogen and oxygen atoms in total. The van der Waals surface area contributed by atoms with Gasteiger partial charge in [0.05, 0.1) is 17.0 Å². The largest absolute Gasteiger partial charge is 0.416 e. The molecule has 5 heteroatoms. The molecule has 130 valence electrons. The molecule has 0 saturated carbocycles. The Labute approximate surface area is 145 Å². The van der Waals surface area contributed by atoms with Gasteiger partial charge in [0.25, 0.3) is 0 Å². The molecule has 2 aromatic carbocycles. The highest BCUT2D eigenvalue weighted by Crippen LogP contribution is 2.37. The van der Waals surface area contributed by atoms with Gasteiger partial charge in [0.15, 0.2) is 0 Å². The first-order valence-electron chi connectivity index (χ1n) is 8.28. The minimum atomic E-state index is -4.35. The van der Waals surface area contributed by atoms with Crippen LogP contribution in [0.2, 0.25) is 0 Å².